The average Bonchev–Trinajstić information content (AvgIpc) is 3.25. The van der Waals surface area contributed by atoms with E-state index in [0.29, 0.717) is 5.56 Å². The van der Waals surface area contributed by atoms with Crippen molar-refractivity contribution in [3.8, 4) is 23.0 Å². The van der Waals surface area contributed by atoms with Gasteiger partial charge in [0.2, 0.25) is 0 Å². The van der Waals surface area contributed by atoms with E-state index in [1.54, 1.807) is 24.3 Å². The van der Waals surface area contributed by atoms with Crippen LogP contribution in [0, 0.1) is 18.6 Å². The highest BCUT2D eigenvalue weighted by atomic mass is 19.1. The molecule has 2 atom stereocenters. The molecule has 4 aliphatic rings. The Kier molecular flexibility index (Phi) is 15.2. The van der Waals surface area contributed by atoms with Gasteiger partial charge in [0.25, 0.3) is 0 Å². The van der Waals surface area contributed by atoms with Crippen molar-refractivity contribution >= 4 is 12.2 Å². The first kappa shape index (κ1) is 47.4. The molecule has 0 radical (unpaired) electrons. The van der Waals surface area contributed by atoms with Gasteiger partial charge in [0, 0.05) is 17.6 Å². The number of fused-ring (bicyclic) bond motifs is 2. The van der Waals surface area contributed by atoms with E-state index in [-0.39, 0.29) is 60.3 Å². The van der Waals surface area contributed by atoms with Crippen LogP contribution >= 0.6 is 0 Å². The summed E-state index contributed by atoms with van der Waals surface area (Å²) in [5, 5.41) is 5.93. The largest absolute Gasteiger partial charge is 0.490 e. The number of nitrogens with one attached hydrogen (secondary N) is 2. The third kappa shape index (κ3) is 13.7. The molecule has 2 saturated carbocycles. The van der Waals surface area contributed by atoms with Crippen molar-refractivity contribution < 1.29 is 46.8 Å². The van der Waals surface area contributed by atoms with Crippen LogP contribution in [-0.2, 0) is 22.3 Å². The Morgan fingerprint density at radius 2 is 1.03 bits per heavy atom. The molecule has 10 nitrogen and oxygen atoms in total. The predicted octanol–water partition coefficient (Wildman–Crippen LogP) is 12.5. The van der Waals surface area contributed by atoms with Crippen molar-refractivity contribution in [2.24, 2.45) is 0 Å². The Balaban J connectivity index is 0.000000194. The van der Waals surface area contributed by atoms with Crippen molar-refractivity contribution in [1.82, 2.24) is 10.6 Å². The number of halogens is 2. The topological polar surface area (TPSA) is 114 Å². The molecule has 350 valence electrons. The van der Waals surface area contributed by atoms with Crippen LogP contribution in [0.1, 0.15) is 146 Å². The number of carbonyl (C=O) groups is 2. The number of rotatable bonds is 8. The zero-order valence-corrected chi connectivity index (χ0v) is 39.0. The van der Waals surface area contributed by atoms with Gasteiger partial charge >= 0.3 is 12.2 Å². The summed E-state index contributed by atoms with van der Waals surface area (Å²) in [7, 11) is 0. The van der Waals surface area contributed by atoms with Gasteiger partial charge in [0.05, 0.1) is 12.2 Å². The number of hydrogen-bond acceptors (Lipinski definition) is 8. The Morgan fingerprint density at radius 1 is 0.569 bits per heavy atom. The standard InChI is InChI=1S/C27H34FNO4.C26H32FNO4/c1-17-5-7-19(28)16-23(17)25-13-6-18-15-22(12-14-24(18)32-25)31-21-10-8-20(9-11-21)29-26(30)33-27(2,3)4;1-26(2,3)32-25(29)28-18-9-11-19(12-10-18)30-20-13-15-23-17(16-20)8-14-24(31-23)21-6-4-5-7-22(21)27/h5,7,12,14-16,20-21,25H,6,8-11,13H2,1-4H3,(H,29,30);4-7,13,15-16,18-19,24H,8-12,14H2,1-3H3,(H,28,29). The second-order valence-corrected chi connectivity index (χ2v) is 19.8. The van der Waals surface area contributed by atoms with Gasteiger partial charge in [0.1, 0.15) is 58.0 Å². The molecule has 0 saturated heterocycles. The van der Waals surface area contributed by atoms with Crippen molar-refractivity contribution in [3.05, 3.63) is 118 Å². The molecular formula is C53H66F2N2O8. The Bertz CT molecular complexity index is 2260. The second-order valence-electron chi connectivity index (χ2n) is 19.8. The molecule has 2 unspecified atom stereocenters. The molecule has 2 N–H and O–H groups in total. The second kappa shape index (κ2) is 20.8. The van der Waals surface area contributed by atoms with E-state index in [1.807, 2.05) is 84.9 Å². The fraction of sp³-hybridized carbons (Fsp3) is 0.509. The van der Waals surface area contributed by atoms with Gasteiger partial charge in [-0.05, 0) is 202 Å². The lowest BCUT2D eigenvalue weighted by Crippen LogP contribution is -2.42. The van der Waals surface area contributed by atoms with Crippen LogP contribution in [-0.4, -0.2) is 47.7 Å². The quantitative estimate of drug-likeness (QED) is 0.180. The summed E-state index contributed by atoms with van der Waals surface area (Å²) in [4.78, 5) is 24.0. The lowest BCUT2D eigenvalue weighted by molar-refractivity contribution is 0.0460. The van der Waals surface area contributed by atoms with Crippen LogP contribution in [0.4, 0.5) is 18.4 Å². The monoisotopic (exact) mass is 896 g/mol. The van der Waals surface area contributed by atoms with Gasteiger partial charge in [-0.3, -0.25) is 0 Å². The molecule has 2 aliphatic heterocycles. The molecule has 2 amide bonds. The summed E-state index contributed by atoms with van der Waals surface area (Å²) in [6.07, 6.45) is 9.36. The van der Waals surface area contributed by atoms with Crippen molar-refractivity contribution in [2.75, 3.05) is 0 Å². The molecule has 4 aromatic rings. The van der Waals surface area contributed by atoms with Crippen molar-refractivity contribution in [2.45, 2.75) is 173 Å². The van der Waals surface area contributed by atoms with Gasteiger partial charge in [-0.25, -0.2) is 18.4 Å². The summed E-state index contributed by atoms with van der Waals surface area (Å²) in [6, 6.07) is 23.8. The van der Waals surface area contributed by atoms with E-state index in [9.17, 15) is 18.4 Å². The Labute approximate surface area is 383 Å². The normalized spacial score (nSPS) is 22.8. The summed E-state index contributed by atoms with van der Waals surface area (Å²) >= 11 is 0. The molecule has 0 bridgehead atoms. The number of hydrogen-bond donors (Lipinski definition) is 2. The zero-order valence-electron chi connectivity index (χ0n) is 39.0. The molecule has 2 fully saturated rings. The molecule has 65 heavy (non-hydrogen) atoms. The van der Waals surface area contributed by atoms with Crippen LogP contribution in [0.3, 0.4) is 0 Å². The SMILES string of the molecule is CC(C)(C)OC(=O)NC1CCC(Oc2ccc3c(c2)CCC(c2ccccc2F)O3)CC1.Cc1ccc(F)cc1C1CCc2cc(OC3CCC(NC(=O)OC(C)(C)C)CC3)ccc2O1. The summed E-state index contributed by atoms with van der Waals surface area (Å²) < 4.78 is 63.3. The zero-order chi connectivity index (χ0) is 46.3. The van der Waals surface area contributed by atoms with Crippen LogP contribution in [0.25, 0.3) is 0 Å². The maximum atomic E-state index is 14.1. The fourth-order valence-electron chi connectivity index (χ4n) is 8.99. The predicted molar refractivity (Wildman–Crippen MR) is 246 cm³/mol. The number of aryl methyl sites for hydroxylation is 3. The molecule has 2 aliphatic carbocycles. The first-order chi connectivity index (χ1) is 30.9. The average molecular weight is 897 g/mol. The number of amides is 2. The Morgan fingerprint density at radius 3 is 1.49 bits per heavy atom. The minimum Gasteiger partial charge on any atom is -0.490 e. The molecule has 0 aromatic heterocycles. The molecular weight excluding hydrogens is 831 g/mol. The number of ether oxygens (including phenoxy) is 6. The summed E-state index contributed by atoms with van der Waals surface area (Å²) in [6.45, 7) is 13.2. The Hall–Kier alpha value is -5.52. The molecule has 0 spiro atoms. The number of benzene rings is 4. The molecule has 4 aromatic carbocycles. The third-order valence-electron chi connectivity index (χ3n) is 12.2. The van der Waals surface area contributed by atoms with E-state index in [4.69, 9.17) is 28.4 Å². The van der Waals surface area contributed by atoms with E-state index < -0.39 is 11.2 Å². The van der Waals surface area contributed by atoms with Gasteiger partial charge in [0.15, 0.2) is 0 Å². The van der Waals surface area contributed by atoms with Gasteiger partial charge in [-0.2, -0.15) is 0 Å². The lowest BCUT2D eigenvalue weighted by atomic mass is 9.93. The van der Waals surface area contributed by atoms with Gasteiger partial charge in [-0.15, -0.1) is 0 Å². The molecule has 8 rings (SSSR count). The molecule has 2 heterocycles. The van der Waals surface area contributed by atoms with E-state index >= 15 is 0 Å². The minimum absolute atomic E-state index is 0.122. The van der Waals surface area contributed by atoms with Gasteiger partial charge in [-0.1, -0.05) is 24.3 Å². The first-order valence-corrected chi connectivity index (χ1v) is 23.3. The molecule has 12 heteroatoms. The van der Waals surface area contributed by atoms with Crippen LogP contribution in [0.5, 0.6) is 23.0 Å². The smallest absolute Gasteiger partial charge is 0.407 e. The van der Waals surface area contributed by atoms with Crippen LogP contribution < -0.4 is 29.6 Å². The summed E-state index contributed by atoms with van der Waals surface area (Å²) in [5.74, 6) is 2.86. The highest BCUT2D eigenvalue weighted by Gasteiger charge is 2.30. The minimum atomic E-state index is -0.490. The maximum absolute atomic E-state index is 14.1. The first-order valence-electron chi connectivity index (χ1n) is 23.3. The van der Waals surface area contributed by atoms with Crippen molar-refractivity contribution in [1.29, 1.82) is 0 Å². The van der Waals surface area contributed by atoms with Crippen LogP contribution in [0.15, 0.2) is 78.9 Å². The maximum Gasteiger partial charge on any atom is 0.407 e. The lowest BCUT2D eigenvalue weighted by Gasteiger charge is -2.31. The van der Waals surface area contributed by atoms with Crippen molar-refractivity contribution in [3.63, 3.8) is 0 Å². The van der Waals surface area contributed by atoms with E-state index in [0.717, 1.165) is 122 Å². The summed E-state index contributed by atoms with van der Waals surface area (Å²) in [5.41, 5.74) is 3.80. The van der Waals surface area contributed by atoms with E-state index in [2.05, 4.69) is 16.7 Å². The van der Waals surface area contributed by atoms with E-state index in [1.165, 1.54) is 12.1 Å². The highest BCUT2D eigenvalue weighted by Crippen LogP contribution is 2.40. The van der Waals surface area contributed by atoms with Crippen LogP contribution in [0.2, 0.25) is 0 Å². The van der Waals surface area contributed by atoms with Gasteiger partial charge < -0.3 is 39.1 Å². The fourth-order valence-corrected chi connectivity index (χ4v) is 8.99. The third-order valence-corrected chi connectivity index (χ3v) is 12.2. The highest BCUT2D eigenvalue weighted by molar-refractivity contribution is 5.68. The number of alkyl carbamates (subject to hydrolysis) is 2. The number of carbonyl (C=O) groups excluding carboxylic acids is 2.